The minimum absolute atomic E-state index is 0.110. The standard InChI is InChI=1S/C16H15ClF2O2/c1-11(20)12-7-8-15(14(17)9-12)21-10-16(18,19)13-5-3-2-4-6-13/h2-9,11,20H,10H2,1H3/t11-/m0/s1. The van der Waals surface area contributed by atoms with E-state index in [9.17, 15) is 13.9 Å². The van der Waals surface area contributed by atoms with E-state index < -0.39 is 18.6 Å². The summed E-state index contributed by atoms with van der Waals surface area (Å²) >= 11 is 5.97. The molecule has 0 saturated carbocycles. The fourth-order valence-electron chi connectivity index (χ4n) is 1.83. The van der Waals surface area contributed by atoms with Crippen molar-refractivity contribution in [1.82, 2.24) is 0 Å². The molecule has 2 aromatic carbocycles. The van der Waals surface area contributed by atoms with Crippen LogP contribution >= 0.6 is 11.6 Å². The molecule has 0 heterocycles. The van der Waals surface area contributed by atoms with Crippen molar-refractivity contribution < 1.29 is 18.6 Å². The summed E-state index contributed by atoms with van der Waals surface area (Å²) < 4.78 is 33.1. The average Bonchev–Trinajstić information content (AvgIpc) is 2.46. The van der Waals surface area contributed by atoms with E-state index in [-0.39, 0.29) is 16.3 Å². The van der Waals surface area contributed by atoms with Crippen molar-refractivity contribution in [3.63, 3.8) is 0 Å². The third-order valence-electron chi connectivity index (χ3n) is 3.04. The molecule has 0 aliphatic rings. The molecule has 2 aromatic rings. The average molecular weight is 313 g/mol. The normalized spacial score (nSPS) is 13.0. The van der Waals surface area contributed by atoms with Crippen molar-refractivity contribution in [2.75, 3.05) is 6.61 Å². The van der Waals surface area contributed by atoms with Gasteiger partial charge in [0.15, 0.2) is 6.61 Å². The van der Waals surface area contributed by atoms with E-state index >= 15 is 0 Å². The first kappa shape index (κ1) is 15.7. The summed E-state index contributed by atoms with van der Waals surface area (Å²) in [6, 6.07) is 12.0. The molecule has 2 rings (SSSR count). The second kappa shape index (κ2) is 6.41. The molecule has 0 bridgehead atoms. The van der Waals surface area contributed by atoms with Crippen molar-refractivity contribution in [1.29, 1.82) is 0 Å². The zero-order chi connectivity index (χ0) is 15.5. The van der Waals surface area contributed by atoms with Crippen molar-refractivity contribution in [2.24, 2.45) is 0 Å². The molecule has 0 aliphatic carbocycles. The molecule has 1 atom stereocenters. The summed E-state index contributed by atoms with van der Waals surface area (Å²) in [5.41, 5.74) is 0.490. The maximum absolute atomic E-state index is 14.0. The van der Waals surface area contributed by atoms with Crippen LogP contribution in [-0.2, 0) is 5.92 Å². The number of benzene rings is 2. The number of alkyl halides is 2. The van der Waals surface area contributed by atoms with Gasteiger partial charge in [0, 0.05) is 5.56 Å². The molecule has 0 spiro atoms. The third-order valence-corrected chi connectivity index (χ3v) is 3.34. The molecule has 2 nitrogen and oxygen atoms in total. The summed E-state index contributed by atoms with van der Waals surface area (Å²) in [4.78, 5) is 0. The summed E-state index contributed by atoms with van der Waals surface area (Å²) in [7, 11) is 0. The van der Waals surface area contributed by atoms with E-state index in [1.54, 1.807) is 31.2 Å². The number of ether oxygens (including phenoxy) is 1. The molecule has 0 unspecified atom stereocenters. The molecule has 5 heteroatoms. The maximum Gasteiger partial charge on any atom is 0.306 e. The van der Waals surface area contributed by atoms with E-state index in [1.807, 2.05) is 0 Å². The smallest absolute Gasteiger partial charge is 0.306 e. The minimum atomic E-state index is -3.10. The number of aliphatic hydroxyl groups is 1. The largest absolute Gasteiger partial charge is 0.485 e. The van der Waals surface area contributed by atoms with Gasteiger partial charge in [0.05, 0.1) is 11.1 Å². The van der Waals surface area contributed by atoms with Gasteiger partial charge < -0.3 is 9.84 Å². The van der Waals surface area contributed by atoms with Crippen LogP contribution in [0.4, 0.5) is 8.78 Å². The van der Waals surface area contributed by atoms with Gasteiger partial charge in [0.25, 0.3) is 0 Å². The van der Waals surface area contributed by atoms with Gasteiger partial charge in [0.1, 0.15) is 5.75 Å². The van der Waals surface area contributed by atoms with E-state index in [1.165, 1.54) is 24.3 Å². The fraction of sp³-hybridized carbons (Fsp3) is 0.250. The fourth-order valence-corrected chi connectivity index (χ4v) is 2.07. The summed E-state index contributed by atoms with van der Waals surface area (Å²) in [5.74, 6) is -2.94. The van der Waals surface area contributed by atoms with E-state index in [0.717, 1.165) is 0 Å². The molecule has 0 radical (unpaired) electrons. The summed E-state index contributed by atoms with van der Waals surface area (Å²) in [5, 5.41) is 9.62. The highest BCUT2D eigenvalue weighted by molar-refractivity contribution is 6.32. The highest BCUT2D eigenvalue weighted by atomic mass is 35.5. The van der Waals surface area contributed by atoms with Gasteiger partial charge in [-0.3, -0.25) is 0 Å². The molecule has 0 aromatic heterocycles. The first-order chi connectivity index (χ1) is 9.90. The lowest BCUT2D eigenvalue weighted by Gasteiger charge is -2.18. The lowest BCUT2D eigenvalue weighted by Crippen LogP contribution is -2.23. The Bertz CT molecular complexity index is 600. The Labute approximate surface area is 126 Å². The van der Waals surface area contributed by atoms with E-state index in [0.29, 0.717) is 5.56 Å². The van der Waals surface area contributed by atoms with Gasteiger partial charge in [-0.1, -0.05) is 48.0 Å². The summed E-state index contributed by atoms with van der Waals surface area (Å²) in [6.45, 7) is 0.792. The maximum atomic E-state index is 14.0. The van der Waals surface area contributed by atoms with Gasteiger partial charge in [0.2, 0.25) is 0 Å². The van der Waals surface area contributed by atoms with Crippen LogP contribution in [0.3, 0.4) is 0 Å². The molecule has 0 saturated heterocycles. The van der Waals surface area contributed by atoms with Gasteiger partial charge in [-0.15, -0.1) is 0 Å². The zero-order valence-corrected chi connectivity index (χ0v) is 12.1. The first-order valence-corrected chi connectivity index (χ1v) is 6.81. The molecule has 0 aliphatic heterocycles. The predicted octanol–water partition coefficient (Wildman–Crippen LogP) is 4.56. The Balaban J connectivity index is 2.09. The molecular weight excluding hydrogens is 298 g/mol. The molecule has 0 amide bonds. The quantitative estimate of drug-likeness (QED) is 0.876. The Morgan fingerprint density at radius 3 is 2.43 bits per heavy atom. The Morgan fingerprint density at radius 1 is 1.19 bits per heavy atom. The van der Waals surface area contributed by atoms with E-state index in [4.69, 9.17) is 16.3 Å². The van der Waals surface area contributed by atoms with Crippen molar-refractivity contribution in [3.05, 3.63) is 64.7 Å². The first-order valence-electron chi connectivity index (χ1n) is 6.44. The highest BCUT2D eigenvalue weighted by Gasteiger charge is 2.32. The van der Waals surface area contributed by atoms with Crippen LogP contribution in [0, 0.1) is 0 Å². The lowest BCUT2D eigenvalue weighted by molar-refractivity contribution is -0.0467. The Kier molecular flexibility index (Phi) is 4.80. The van der Waals surface area contributed by atoms with Crippen molar-refractivity contribution >= 4 is 11.6 Å². The molecule has 1 N–H and O–H groups in total. The second-order valence-corrected chi connectivity index (χ2v) is 5.13. The number of halogens is 3. The minimum Gasteiger partial charge on any atom is -0.485 e. The zero-order valence-electron chi connectivity index (χ0n) is 11.4. The predicted molar refractivity (Wildman–Crippen MR) is 77.9 cm³/mol. The highest BCUT2D eigenvalue weighted by Crippen LogP contribution is 2.32. The van der Waals surface area contributed by atoms with Crippen LogP contribution < -0.4 is 4.74 Å². The molecule has 21 heavy (non-hydrogen) atoms. The SMILES string of the molecule is C[C@H](O)c1ccc(OCC(F)(F)c2ccccc2)c(Cl)c1. The Hall–Kier alpha value is -1.65. The third kappa shape index (κ3) is 3.93. The van der Waals surface area contributed by atoms with Crippen LogP contribution in [0.5, 0.6) is 5.75 Å². The number of aliphatic hydroxyl groups excluding tert-OH is 1. The van der Waals surface area contributed by atoms with Crippen LogP contribution in [0.25, 0.3) is 0 Å². The van der Waals surface area contributed by atoms with Gasteiger partial charge >= 0.3 is 5.92 Å². The van der Waals surface area contributed by atoms with Crippen molar-refractivity contribution in [2.45, 2.75) is 19.0 Å². The van der Waals surface area contributed by atoms with Gasteiger partial charge in [-0.2, -0.15) is 8.78 Å². The van der Waals surface area contributed by atoms with Gasteiger partial charge in [-0.05, 0) is 24.6 Å². The topological polar surface area (TPSA) is 29.5 Å². The van der Waals surface area contributed by atoms with Crippen LogP contribution in [-0.4, -0.2) is 11.7 Å². The summed E-state index contributed by atoms with van der Waals surface area (Å²) in [6.07, 6.45) is -0.678. The second-order valence-electron chi connectivity index (χ2n) is 4.72. The molecule has 112 valence electrons. The van der Waals surface area contributed by atoms with E-state index in [2.05, 4.69) is 0 Å². The number of hydrogen-bond acceptors (Lipinski definition) is 2. The number of rotatable bonds is 5. The monoisotopic (exact) mass is 312 g/mol. The lowest BCUT2D eigenvalue weighted by atomic mass is 10.1. The molecular formula is C16H15ClF2O2. The van der Waals surface area contributed by atoms with Crippen LogP contribution in [0.2, 0.25) is 5.02 Å². The van der Waals surface area contributed by atoms with Crippen LogP contribution in [0.1, 0.15) is 24.2 Å². The Morgan fingerprint density at radius 2 is 1.86 bits per heavy atom. The van der Waals surface area contributed by atoms with Gasteiger partial charge in [-0.25, -0.2) is 0 Å². The number of hydrogen-bond donors (Lipinski definition) is 1. The molecule has 0 fully saturated rings. The van der Waals surface area contributed by atoms with Crippen molar-refractivity contribution in [3.8, 4) is 5.75 Å². The van der Waals surface area contributed by atoms with Crippen LogP contribution in [0.15, 0.2) is 48.5 Å².